The highest BCUT2D eigenvalue weighted by molar-refractivity contribution is 6.00. The number of ether oxygens (including phenoxy) is 1. The van der Waals surface area contributed by atoms with Crippen molar-refractivity contribution in [2.24, 2.45) is 0 Å². The van der Waals surface area contributed by atoms with Crippen LogP contribution in [0.25, 0.3) is 0 Å². The van der Waals surface area contributed by atoms with Crippen molar-refractivity contribution in [3.05, 3.63) is 29.6 Å². The van der Waals surface area contributed by atoms with Crippen LogP contribution in [0.1, 0.15) is 15.9 Å². The van der Waals surface area contributed by atoms with E-state index in [0.29, 0.717) is 18.8 Å². The van der Waals surface area contributed by atoms with Gasteiger partial charge in [-0.3, -0.25) is 9.78 Å². The Morgan fingerprint density at radius 1 is 1.60 bits per heavy atom. The van der Waals surface area contributed by atoms with Gasteiger partial charge in [0.25, 0.3) is 0 Å². The van der Waals surface area contributed by atoms with Crippen LogP contribution in [0.4, 0.5) is 0 Å². The molecule has 1 atom stereocenters. The standard InChI is InChI=1S/C11H14N2O2/c1-8-4-9(6-12-5-8)11(14)10-7-15-3-2-13-10/h4-6,10,13H,2-3,7H2,1H3. The summed E-state index contributed by atoms with van der Waals surface area (Å²) in [6.07, 6.45) is 3.34. The number of nitrogens with zero attached hydrogens (tertiary/aromatic N) is 1. The maximum absolute atomic E-state index is 12.0. The number of carbonyl (C=O) groups excluding carboxylic acids is 1. The van der Waals surface area contributed by atoms with Gasteiger partial charge in [0.1, 0.15) is 0 Å². The van der Waals surface area contributed by atoms with Crippen molar-refractivity contribution in [1.29, 1.82) is 0 Å². The predicted octanol–water partition coefficient (Wildman–Crippen LogP) is 0.561. The summed E-state index contributed by atoms with van der Waals surface area (Å²) < 4.78 is 5.25. The fourth-order valence-corrected chi connectivity index (χ4v) is 1.62. The molecule has 0 spiro atoms. The van der Waals surface area contributed by atoms with E-state index in [1.807, 2.05) is 13.0 Å². The molecule has 0 amide bonds. The molecule has 0 bridgehead atoms. The van der Waals surface area contributed by atoms with Crippen molar-refractivity contribution in [3.8, 4) is 0 Å². The van der Waals surface area contributed by atoms with E-state index < -0.39 is 0 Å². The molecule has 0 radical (unpaired) electrons. The SMILES string of the molecule is Cc1cncc(C(=O)C2COCCN2)c1. The zero-order valence-corrected chi connectivity index (χ0v) is 8.69. The molecule has 1 aromatic heterocycles. The number of carbonyl (C=O) groups is 1. The number of aromatic nitrogens is 1. The molecule has 1 aromatic rings. The first-order valence-electron chi connectivity index (χ1n) is 5.04. The van der Waals surface area contributed by atoms with Crippen LogP contribution in [0.5, 0.6) is 0 Å². The number of hydrogen-bond acceptors (Lipinski definition) is 4. The first-order valence-corrected chi connectivity index (χ1v) is 5.04. The molecular weight excluding hydrogens is 192 g/mol. The molecule has 2 rings (SSSR count). The number of nitrogens with one attached hydrogen (secondary N) is 1. The fourth-order valence-electron chi connectivity index (χ4n) is 1.62. The molecule has 80 valence electrons. The van der Waals surface area contributed by atoms with Crippen molar-refractivity contribution >= 4 is 5.78 Å². The fraction of sp³-hybridized carbons (Fsp3) is 0.455. The highest BCUT2D eigenvalue weighted by Gasteiger charge is 2.22. The molecule has 4 heteroatoms. The zero-order valence-electron chi connectivity index (χ0n) is 8.69. The molecule has 15 heavy (non-hydrogen) atoms. The van der Waals surface area contributed by atoms with Gasteiger partial charge in [-0.15, -0.1) is 0 Å². The third-order valence-corrected chi connectivity index (χ3v) is 2.40. The molecule has 1 unspecified atom stereocenters. The summed E-state index contributed by atoms with van der Waals surface area (Å²) in [5.41, 5.74) is 1.65. The summed E-state index contributed by atoms with van der Waals surface area (Å²) in [6.45, 7) is 3.78. The normalized spacial score (nSPS) is 21.3. The predicted molar refractivity (Wildman–Crippen MR) is 55.9 cm³/mol. The van der Waals surface area contributed by atoms with E-state index >= 15 is 0 Å². The lowest BCUT2D eigenvalue weighted by atomic mass is 10.0. The van der Waals surface area contributed by atoms with Gasteiger partial charge in [0, 0.05) is 24.5 Å². The molecule has 1 saturated heterocycles. The summed E-state index contributed by atoms with van der Waals surface area (Å²) >= 11 is 0. The quantitative estimate of drug-likeness (QED) is 0.718. The smallest absolute Gasteiger partial charge is 0.183 e. The van der Waals surface area contributed by atoms with Gasteiger partial charge in [-0.2, -0.15) is 0 Å². The molecular formula is C11H14N2O2. The van der Waals surface area contributed by atoms with Gasteiger partial charge in [-0.25, -0.2) is 0 Å². The first kappa shape index (κ1) is 10.3. The van der Waals surface area contributed by atoms with E-state index in [9.17, 15) is 4.79 Å². The maximum Gasteiger partial charge on any atom is 0.183 e. The van der Waals surface area contributed by atoms with Crippen LogP contribution in [0.15, 0.2) is 18.5 Å². The topological polar surface area (TPSA) is 51.2 Å². The number of pyridine rings is 1. The Hall–Kier alpha value is -1.26. The number of morpholine rings is 1. The van der Waals surface area contributed by atoms with Gasteiger partial charge in [0.15, 0.2) is 5.78 Å². The van der Waals surface area contributed by atoms with E-state index in [-0.39, 0.29) is 11.8 Å². The minimum absolute atomic E-state index is 0.0610. The Balaban J connectivity index is 2.12. The molecule has 1 aliphatic rings. The summed E-state index contributed by atoms with van der Waals surface area (Å²) in [5, 5.41) is 3.13. The Bertz CT molecular complexity index is 359. The van der Waals surface area contributed by atoms with E-state index in [0.717, 1.165) is 12.1 Å². The minimum Gasteiger partial charge on any atom is -0.378 e. The van der Waals surface area contributed by atoms with E-state index in [4.69, 9.17) is 4.74 Å². The van der Waals surface area contributed by atoms with E-state index in [1.165, 1.54) is 0 Å². The second-order valence-corrected chi connectivity index (χ2v) is 3.70. The molecule has 0 aromatic carbocycles. The van der Waals surface area contributed by atoms with Crippen molar-refractivity contribution in [2.45, 2.75) is 13.0 Å². The molecule has 1 fully saturated rings. The van der Waals surface area contributed by atoms with Crippen molar-refractivity contribution in [1.82, 2.24) is 10.3 Å². The second kappa shape index (κ2) is 4.51. The first-order chi connectivity index (χ1) is 7.27. The van der Waals surface area contributed by atoms with Crippen LogP contribution in [0.3, 0.4) is 0 Å². The Morgan fingerprint density at radius 3 is 3.13 bits per heavy atom. The van der Waals surface area contributed by atoms with Gasteiger partial charge in [-0.1, -0.05) is 0 Å². The molecule has 4 nitrogen and oxygen atoms in total. The number of aryl methyl sites for hydroxylation is 1. The number of rotatable bonds is 2. The van der Waals surface area contributed by atoms with Crippen LogP contribution in [-0.2, 0) is 4.74 Å². The third kappa shape index (κ3) is 2.40. The van der Waals surface area contributed by atoms with Crippen molar-refractivity contribution in [3.63, 3.8) is 0 Å². The van der Waals surface area contributed by atoms with Crippen molar-refractivity contribution < 1.29 is 9.53 Å². The van der Waals surface area contributed by atoms with Crippen LogP contribution in [-0.4, -0.2) is 36.6 Å². The summed E-state index contributed by atoms with van der Waals surface area (Å²) in [5.74, 6) is 0.0610. The van der Waals surface area contributed by atoms with Gasteiger partial charge in [0.05, 0.1) is 19.3 Å². The molecule has 2 heterocycles. The van der Waals surface area contributed by atoms with E-state index in [2.05, 4.69) is 10.3 Å². The lowest BCUT2D eigenvalue weighted by Gasteiger charge is -2.22. The van der Waals surface area contributed by atoms with Crippen LogP contribution >= 0.6 is 0 Å². The average molecular weight is 206 g/mol. The largest absolute Gasteiger partial charge is 0.378 e. The summed E-state index contributed by atoms with van der Waals surface area (Å²) in [7, 11) is 0. The number of ketones is 1. The lowest BCUT2D eigenvalue weighted by Crippen LogP contribution is -2.46. The Labute approximate surface area is 88.7 Å². The summed E-state index contributed by atoms with van der Waals surface area (Å²) in [6, 6.07) is 1.63. The van der Waals surface area contributed by atoms with Crippen molar-refractivity contribution in [2.75, 3.05) is 19.8 Å². The minimum atomic E-state index is -0.220. The highest BCUT2D eigenvalue weighted by Crippen LogP contribution is 2.07. The van der Waals surface area contributed by atoms with Gasteiger partial charge >= 0.3 is 0 Å². The van der Waals surface area contributed by atoms with Gasteiger partial charge < -0.3 is 10.1 Å². The Kier molecular flexibility index (Phi) is 3.08. The van der Waals surface area contributed by atoms with E-state index in [1.54, 1.807) is 12.4 Å². The number of Topliss-reactive ketones (excluding diaryl/α,β-unsaturated/α-hetero) is 1. The Morgan fingerprint density at radius 2 is 2.47 bits per heavy atom. The maximum atomic E-state index is 12.0. The highest BCUT2D eigenvalue weighted by atomic mass is 16.5. The van der Waals surface area contributed by atoms with Crippen LogP contribution in [0.2, 0.25) is 0 Å². The molecule has 1 aliphatic heterocycles. The van der Waals surface area contributed by atoms with Gasteiger partial charge in [-0.05, 0) is 18.6 Å². The van der Waals surface area contributed by atoms with Gasteiger partial charge in [0.2, 0.25) is 0 Å². The molecule has 1 N–H and O–H groups in total. The lowest BCUT2D eigenvalue weighted by molar-refractivity contribution is 0.0607. The molecule has 0 saturated carbocycles. The monoisotopic (exact) mass is 206 g/mol. The zero-order chi connectivity index (χ0) is 10.7. The van der Waals surface area contributed by atoms with Crippen LogP contribution < -0.4 is 5.32 Å². The second-order valence-electron chi connectivity index (χ2n) is 3.70. The average Bonchev–Trinajstić information content (AvgIpc) is 2.29. The summed E-state index contributed by atoms with van der Waals surface area (Å²) in [4.78, 5) is 16.0. The third-order valence-electron chi connectivity index (χ3n) is 2.40. The molecule has 0 aliphatic carbocycles. The number of hydrogen-bond donors (Lipinski definition) is 1. The van der Waals surface area contributed by atoms with Crippen LogP contribution in [0, 0.1) is 6.92 Å².